The number of ether oxygens (including phenoxy) is 3. The molecule has 1 aliphatic heterocycles. The molecule has 0 N–H and O–H groups in total. The number of nitrogens with zero attached hydrogens (tertiary/aromatic N) is 2. The number of thioether (sulfide) groups is 1. The molecule has 2 heterocycles. The highest BCUT2D eigenvalue weighted by Gasteiger charge is 2.33. The topological polar surface area (TPSA) is 60.9 Å². The number of amides is 1. The minimum absolute atomic E-state index is 0.176. The van der Waals surface area contributed by atoms with Crippen LogP contribution in [0.2, 0.25) is 0 Å². The number of pyridine rings is 1. The average Bonchev–Trinajstić information content (AvgIpc) is 3.12. The van der Waals surface area contributed by atoms with Crippen molar-refractivity contribution in [3.05, 3.63) is 81.4 Å². The number of aromatic nitrogens is 1. The van der Waals surface area contributed by atoms with Crippen molar-refractivity contribution in [2.24, 2.45) is 0 Å². The Morgan fingerprint density at radius 2 is 1.94 bits per heavy atom. The number of thiocarbonyl (C=S) groups is 1. The maximum atomic E-state index is 13.1. The van der Waals surface area contributed by atoms with E-state index in [0.717, 1.165) is 17.0 Å². The quantitative estimate of drug-likeness (QED) is 0.240. The van der Waals surface area contributed by atoms with Crippen LogP contribution in [0.5, 0.6) is 17.2 Å². The second-order valence-electron chi connectivity index (χ2n) is 7.09. The molecule has 0 saturated carbocycles. The number of benzene rings is 2. The summed E-state index contributed by atoms with van der Waals surface area (Å²) in [6, 6.07) is 16.7. The van der Waals surface area contributed by atoms with Crippen LogP contribution in [0.4, 0.5) is 5.69 Å². The summed E-state index contributed by atoms with van der Waals surface area (Å²) in [6.45, 7) is 2.80. The highest BCUT2D eigenvalue weighted by Crippen LogP contribution is 2.40. The van der Waals surface area contributed by atoms with Gasteiger partial charge in [0.05, 0.1) is 34.5 Å². The molecule has 3 aromatic rings. The van der Waals surface area contributed by atoms with Gasteiger partial charge in [-0.25, -0.2) is 0 Å². The van der Waals surface area contributed by atoms with Crippen LogP contribution < -0.4 is 19.1 Å². The molecule has 1 amide bonds. The fourth-order valence-electron chi connectivity index (χ4n) is 3.29. The number of carbonyl (C=O) groups is 1. The van der Waals surface area contributed by atoms with Crippen molar-refractivity contribution in [3.8, 4) is 17.2 Å². The lowest BCUT2D eigenvalue weighted by Crippen LogP contribution is -2.27. The molecule has 1 aromatic heterocycles. The molecule has 1 saturated heterocycles. The van der Waals surface area contributed by atoms with Crippen molar-refractivity contribution in [1.82, 2.24) is 4.98 Å². The third kappa shape index (κ3) is 5.43. The smallest absolute Gasteiger partial charge is 0.270 e. The molecular weight excluding hydrogens is 536 g/mol. The fraction of sp³-hybridized carbons (Fsp3) is 0.160. The number of rotatable bonds is 8. The van der Waals surface area contributed by atoms with Gasteiger partial charge in [0.2, 0.25) is 0 Å². The van der Waals surface area contributed by atoms with E-state index in [1.165, 1.54) is 16.7 Å². The van der Waals surface area contributed by atoms with Crippen LogP contribution in [0, 0.1) is 0 Å². The molecule has 34 heavy (non-hydrogen) atoms. The van der Waals surface area contributed by atoms with Crippen LogP contribution in [0.15, 0.2) is 70.2 Å². The van der Waals surface area contributed by atoms with Crippen LogP contribution in [0.25, 0.3) is 6.08 Å². The van der Waals surface area contributed by atoms with E-state index in [1.807, 2.05) is 61.5 Å². The second-order valence-corrected chi connectivity index (χ2v) is 9.62. The first kappa shape index (κ1) is 24.3. The molecule has 174 valence electrons. The largest absolute Gasteiger partial charge is 0.494 e. The Hall–Kier alpha value is -2.88. The first-order valence-corrected chi connectivity index (χ1v) is 12.4. The Kier molecular flexibility index (Phi) is 7.87. The summed E-state index contributed by atoms with van der Waals surface area (Å²) >= 11 is 10.3. The zero-order valence-corrected chi connectivity index (χ0v) is 21.7. The first-order chi connectivity index (χ1) is 16.5. The lowest BCUT2D eigenvalue weighted by molar-refractivity contribution is -0.113. The number of hydrogen-bond donors (Lipinski definition) is 0. The highest BCUT2D eigenvalue weighted by atomic mass is 79.9. The Bertz CT molecular complexity index is 1230. The molecule has 2 aromatic carbocycles. The van der Waals surface area contributed by atoms with E-state index in [0.29, 0.717) is 44.1 Å². The SMILES string of the molecule is CCOc1ccc(N2C(=O)/C(=C\c3cc(Br)c(OCc4ccccn4)c(OC)c3)SC2=S)cc1. The molecule has 0 atom stereocenters. The number of halogens is 1. The zero-order chi connectivity index (χ0) is 24.1. The fourth-order valence-corrected chi connectivity index (χ4v) is 5.17. The Labute approximate surface area is 216 Å². The molecule has 0 bridgehead atoms. The van der Waals surface area contributed by atoms with Gasteiger partial charge in [-0.15, -0.1) is 0 Å². The van der Waals surface area contributed by atoms with E-state index < -0.39 is 0 Å². The molecule has 4 rings (SSSR count). The lowest BCUT2D eigenvalue weighted by atomic mass is 10.1. The van der Waals surface area contributed by atoms with Crippen LogP contribution in [-0.2, 0) is 11.4 Å². The van der Waals surface area contributed by atoms with Gasteiger partial charge < -0.3 is 14.2 Å². The predicted octanol–water partition coefficient (Wildman–Crippen LogP) is 6.24. The minimum atomic E-state index is -0.176. The molecule has 0 radical (unpaired) electrons. The maximum Gasteiger partial charge on any atom is 0.270 e. The number of anilines is 1. The molecule has 9 heteroatoms. The van der Waals surface area contributed by atoms with Crippen LogP contribution in [0.1, 0.15) is 18.2 Å². The zero-order valence-electron chi connectivity index (χ0n) is 18.5. The maximum absolute atomic E-state index is 13.1. The van der Waals surface area contributed by atoms with Crippen molar-refractivity contribution in [1.29, 1.82) is 0 Å². The Morgan fingerprint density at radius 1 is 1.15 bits per heavy atom. The Balaban J connectivity index is 1.55. The van der Waals surface area contributed by atoms with Gasteiger partial charge in [0.15, 0.2) is 15.8 Å². The van der Waals surface area contributed by atoms with Crippen molar-refractivity contribution in [3.63, 3.8) is 0 Å². The van der Waals surface area contributed by atoms with Gasteiger partial charge in [-0.3, -0.25) is 14.7 Å². The minimum Gasteiger partial charge on any atom is -0.494 e. The molecule has 1 fully saturated rings. The van der Waals surface area contributed by atoms with Crippen LogP contribution in [0.3, 0.4) is 0 Å². The highest BCUT2D eigenvalue weighted by molar-refractivity contribution is 9.10. The summed E-state index contributed by atoms with van der Waals surface area (Å²) in [5.74, 6) is 1.67. The van der Waals surface area contributed by atoms with E-state index >= 15 is 0 Å². The van der Waals surface area contributed by atoms with Gasteiger partial charge in [-0.05, 0) is 83.0 Å². The monoisotopic (exact) mass is 556 g/mol. The van der Waals surface area contributed by atoms with Gasteiger partial charge in [-0.2, -0.15) is 0 Å². The molecule has 0 aliphatic carbocycles. The normalized spacial score (nSPS) is 14.6. The predicted molar refractivity (Wildman–Crippen MR) is 143 cm³/mol. The molecule has 0 spiro atoms. The summed E-state index contributed by atoms with van der Waals surface area (Å²) in [7, 11) is 1.57. The summed E-state index contributed by atoms with van der Waals surface area (Å²) in [6.07, 6.45) is 3.52. The van der Waals surface area contributed by atoms with Crippen LogP contribution >= 0.6 is 39.9 Å². The van der Waals surface area contributed by atoms with Gasteiger partial charge in [0.25, 0.3) is 5.91 Å². The summed E-state index contributed by atoms with van der Waals surface area (Å²) in [5.41, 5.74) is 2.28. The number of carbonyl (C=O) groups excluding carboxylic acids is 1. The van der Waals surface area contributed by atoms with E-state index in [2.05, 4.69) is 20.9 Å². The second kappa shape index (κ2) is 11.0. The number of hydrogen-bond acceptors (Lipinski definition) is 7. The third-order valence-electron chi connectivity index (χ3n) is 4.84. The van der Waals surface area contributed by atoms with Crippen molar-refractivity contribution >= 4 is 61.9 Å². The van der Waals surface area contributed by atoms with Crippen molar-refractivity contribution in [2.75, 3.05) is 18.6 Å². The summed E-state index contributed by atoms with van der Waals surface area (Å²) in [5, 5.41) is 0. The standard InChI is InChI=1S/C25H21BrN2O4S2/c1-3-31-19-9-7-18(8-10-19)28-24(29)22(34-25(28)33)14-16-12-20(26)23(21(13-16)30-2)32-15-17-6-4-5-11-27-17/h4-14H,3,15H2,1-2H3/b22-14+. The summed E-state index contributed by atoms with van der Waals surface area (Å²) in [4.78, 5) is 19.5. The van der Waals surface area contributed by atoms with Crippen molar-refractivity contribution < 1.29 is 19.0 Å². The van der Waals surface area contributed by atoms with Gasteiger partial charge in [-0.1, -0.05) is 30.0 Å². The van der Waals surface area contributed by atoms with E-state index in [1.54, 1.807) is 19.4 Å². The first-order valence-electron chi connectivity index (χ1n) is 10.4. The third-order valence-corrected chi connectivity index (χ3v) is 6.73. The lowest BCUT2D eigenvalue weighted by Gasteiger charge is -2.15. The molecule has 6 nitrogen and oxygen atoms in total. The molecular formula is C25H21BrN2O4S2. The van der Waals surface area contributed by atoms with E-state index in [9.17, 15) is 4.79 Å². The van der Waals surface area contributed by atoms with Crippen LogP contribution in [-0.4, -0.2) is 28.9 Å². The number of methoxy groups -OCH3 is 1. The van der Waals surface area contributed by atoms with Gasteiger partial charge in [0.1, 0.15) is 12.4 Å². The van der Waals surface area contributed by atoms with Crippen molar-refractivity contribution in [2.45, 2.75) is 13.5 Å². The molecule has 0 unspecified atom stereocenters. The summed E-state index contributed by atoms with van der Waals surface area (Å²) < 4.78 is 18.1. The molecule has 1 aliphatic rings. The Morgan fingerprint density at radius 3 is 2.62 bits per heavy atom. The average molecular weight is 557 g/mol. The van der Waals surface area contributed by atoms with E-state index in [-0.39, 0.29) is 5.91 Å². The van der Waals surface area contributed by atoms with Gasteiger partial charge >= 0.3 is 0 Å². The van der Waals surface area contributed by atoms with E-state index in [4.69, 9.17) is 26.4 Å². The van der Waals surface area contributed by atoms with Gasteiger partial charge in [0, 0.05) is 6.20 Å².